The Bertz CT molecular complexity index is 162. The summed E-state index contributed by atoms with van der Waals surface area (Å²) in [6, 6.07) is -0.612. The molecule has 1 atom stereocenters. The quantitative estimate of drug-likeness (QED) is 0.429. The molecule has 0 saturated carbocycles. The smallest absolute Gasteiger partial charge is 0.330 e. The van der Waals surface area contributed by atoms with Gasteiger partial charge in [-0.2, -0.15) is 4.85 Å². The summed E-state index contributed by atoms with van der Waals surface area (Å²) in [6.45, 7) is 7.00. The molecule has 0 radical (unpaired) electrons. The number of carbonyl (C=O) groups is 1. The maximum atomic E-state index is 10.6. The van der Waals surface area contributed by atoms with Crippen LogP contribution in [0, 0.1) is 6.57 Å². The SMILES string of the molecule is [C-]#[N+]C(=O)[C@@H](N)CCCCN. The van der Waals surface area contributed by atoms with Gasteiger partial charge in [-0.1, -0.05) is 6.42 Å². The van der Waals surface area contributed by atoms with E-state index in [4.69, 9.17) is 18.0 Å². The first-order valence-corrected chi connectivity index (χ1v) is 3.59. The van der Waals surface area contributed by atoms with Crippen LogP contribution in [0.15, 0.2) is 0 Å². The summed E-state index contributed by atoms with van der Waals surface area (Å²) >= 11 is 0. The molecule has 0 aromatic rings. The molecule has 4 N–H and O–H groups in total. The van der Waals surface area contributed by atoms with Crippen LogP contribution in [0.4, 0.5) is 0 Å². The summed E-state index contributed by atoms with van der Waals surface area (Å²) in [7, 11) is 0. The lowest BCUT2D eigenvalue weighted by molar-refractivity contribution is -0.116. The highest BCUT2D eigenvalue weighted by atomic mass is 16.1. The van der Waals surface area contributed by atoms with Gasteiger partial charge in [-0.25, -0.2) is 0 Å². The van der Waals surface area contributed by atoms with Crippen molar-refractivity contribution in [3.05, 3.63) is 11.4 Å². The van der Waals surface area contributed by atoms with Gasteiger partial charge < -0.3 is 16.3 Å². The Labute approximate surface area is 66.4 Å². The van der Waals surface area contributed by atoms with E-state index in [2.05, 4.69) is 4.85 Å². The van der Waals surface area contributed by atoms with Gasteiger partial charge in [-0.3, -0.25) is 0 Å². The Hall–Kier alpha value is -0.920. The normalized spacial score (nSPS) is 12.1. The number of hydrogen-bond donors (Lipinski definition) is 2. The van der Waals surface area contributed by atoms with Crippen LogP contribution in [0.1, 0.15) is 19.3 Å². The molecule has 0 heterocycles. The molecule has 0 rings (SSSR count). The van der Waals surface area contributed by atoms with Gasteiger partial charge in [0.2, 0.25) is 0 Å². The summed E-state index contributed by atoms with van der Waals surface area (Å²) < 4.78 is 0. The van der Waals surface area contributed by atoms with E-state index in [0.717, 1.165) is 12.8 Å². The summed E-state index contributed by atoms with van der Waals surface area (Å²) in [5.41, 5.74) is 10.6. The van der Waals surface area contributed by atoms with Crippen molar-refractivity contribution in [1.82, 2.24) is 0 Å². The number of hydrogen-bond acceptors (Lipinski definition) is 3. The second-order valence-corrected chi connectivity index (χ2v) is 2.34. The number of unbranched alkanes of at least 4 members (excludes halogenated alkanes) is 1. The van der Waals surface area contributed by atoms with E-state index in [-0.39, 0.29) is 0 Å². The molecular weight excluding hydrogens is 142 g/mol. The van der Waals surface area contributed by atoms with Crippen molar-refractivity contribution in [3.8, 4) is 0 Å². The molecule has 62 valence electrons. The van der Waals surface area contributed by atoms with Crippen molar-refractivity contribution in [2.75, 3.05) is 6.54 Å². The summed E-state index contributed by atoms with van der Waals surface area (Å²) in [5, 5.41) is 0. The van der Waals surface area contributed by atoms with E-state index in [9.17, 15) is 4.79 Å². The molecule has 4 nitrogen and oxygen atoms in total. The average molecular weight is 155 g/mol. The van der Waals surface area contributed by atoms with E-state index in [1.165, 1.54) is 0 Å². The predicted molar refractivity (Wildman–Crippen MR) is 42.5 cm³/mol. The fourth-order valence-corrected chi connectivity index (χ4v) is 0.715. The topological polar surface area (TPSA) is 73.5 Å². The number of rotatable bonds is 5. The fourth-order valence-electron chi connectivity index (χ4n) is 0.715. The molecule has 0 fully saturated rings. The molecule has 1 amide bonds. The predicted octanol–water partition coefficient (Wildman–Crippen LogP) is -0.111. The minimum Gasteiger partial charge on any atom is -0.330 e. The van der Waals surface area contributed by atoms with Crippen LogP contribution in [-0.4, -0.2) is 18.5 Å². The lowest BCUT2D eigenvalue weighted by atomic mass is 10.1. The third-order valence-electron chi connectivity index (χ3n) is 1.40. The van der Waals surface area contributed by atoms with Crippen molar-refractivity contribution >= 4 is 5.91 Å². The molecule has 0 aliphatic heterocycles. The fraction of sp³-hybridized carbons (Fsp3) is 0.714. The molecule has 0 saturated heterocycles. The van der Waals surface area contributed by atoms with E-state index >= 15 is 0 Å². The van der Waals surface area contributed by atoms with Gasteiger partial charge in [-0.15, -0.1) is 0 Å². The zero-order valence-electron chi connectivity index (χ0n) is 6.42. The second kappa shape index (κ2) is 5.83. The van der Waals surface area contributed by atoms with Crippen molar-refractivity contribution in [1.29, 1.82) is 0 Å². The molecule has 11 heavy (non-hydrogen) atoms. The first-order chi connectivity index (χ1) is 5.22. The maximum Gasteiger partial charge on any atom is 0.371 e. The van der Waals surface area contributed by atoms with Gasteiger partial charge in [0.1, 0.15) is 0 Å². The van der Waals surface area contributed by atoms with Crippen LogP contribution in [0.5, 0.6) is 0 Å². The third kappa shape index (κ3) is 4.48. The Morgan fingerprint density at radius 3 is 2.64 bits per heavy atom. The third-order valence-corrected chi connectivity index (χ3v) is 1.40. The minimum absolute atomic E-state index is 0.554. The summed E-state index contributed by atoms with van der Waals surface area (Å²) in [6.07, 6.45) is 2.25. The van der Waals surface area contributed by atoms with Crippen LogP contribution >= 0.6 is 0 Å². The number of carbonyl (C=O) groups excluding carboxylic acids is 1. The molecule has 0 spiro atoms. The number of nitrogens with zero attached hydrogens (tertiary/aromatic N) is 1. The van der Waals surface area contributed by atoms with Crippen molar-refractivity contribution < 1.29 is 4.79 Å². The monoisotopic (exact) mass is 155 g/mol. The van der Waals surface area contributed by atoms with Gasteiger partial charge in [0.05, 0.1) is 12.6 Å². The maximum absolute atomic E-state index is 10.6. The van der Waals surface area contributed by atoms with Crippen LogP contribution in [0.2, 0.25) is 0 Å². The van der Waals surface area contributed by atoms with Gasteiger partial charge in [-0.05, 0) is 19.4 Å². The zero-order valence-corrected chi connectivity index (χ0v) is 6.42. The molecule has 0 aromatic heterocycles. The standard InChI is InChI=1S/C7H13N3O/c1-10-7(11)6(9)4-2-3-5-8/h6H,2-5,8-9H2/t6-/m0/s1. The number of amides is 1. The first kappa shape index (κ1) is 10.1. The lowest BCUT2D eigenvalue weighted by Crippen LogP contribution is -2.28. The first-order valence-electron chi connectivity index (χ1n) is 3.59. The Morgan fingerprint density at radius 1 is 1.55 bits per heavy atom. The Balaban J connectivity index is 3.46. The highest BCUT2D eigenvalue weighted by Gasteiger charge is 2.11. The molecule has 0 aliphatic carbocycles. The van der Waals surface area contributed by atoms with Crippen molar-refractivity contribution in [3.63, 3.8) is 0 Å². The number of nitrogens with two attached hydrogens (primary N) is 2. The van der Waals surface area contributed by atoms with Gasteiger partial charge >= 0.3 is 5.91 Å². The largest absolute Gasteiger partial charge is 0.371 e. The van der Waals surface area contributed by atoms with Crippen LogP contribution in [0.3, 0.4) is 0 Å². The van der Waals surface area contributed by atoms with E-state index in [1.807, 2.05) is 0 Å². The van der Waals surface area contributed by atoms with Crippen LogP contribution < -0.4 is 11.5 Å². The van der Waals surface area contributed by atoms with Crippen molar-refractivity contribution in [2.45, 2.75) is 25.3 Å². The lowest BCUT2D eigenvalue weighted by Gasteiger charge is -2.03. The van der Waals surface area contributed by atoms with E-state index in [1.54, 1.807) is 0 Å². The average Bonchev–Trinajstić information content (AvgIpc) is 2.03. The highest BCUT2D eigenvalue weighted by molar-refractivity contribution is 5.90. The second-order valence-electron chi connectivity index (χ2n) is 2.34. The van der Waals surface area contributed by atoms with Gasteiger partial charge in [0.25, 0.3) is 0 Å². The summed E-state index contributed by atoms with van der Waals surface area (Å²) in [5.74, 6) is -0.554. The van der Waals surface area contributed by atoms with Gasteiger partial charge in [0.15, 0.2) is 0 Å². The van der Waals surface area contributed by atoms with Crippen molar-refractivity contribution in [2.24, 2.45) is 11.5 Å². The molecule has 0 unspecified atom stereocenters. The Kier molecular flexibility index (Phi) is 5.35. The van der Waals surface area contributed by atoms with Crippen LogP contribution in [-0.2, 0) is 4.79 Å². The van der Waals surface area contributed by atoms with Crippen LogP contribution in [0.25, 0.3) is 4.85 Å². The highest BCUT2D eigenvalue weighted by Crippen LogP contribution is 1.98. The molecule has 0 aromatic carbocycles. The summed E-state index contributed by atoms with van der Waals surface area (Å²) in [4.78, 5) is 13.3. The van der Waals surface area contributed by atoms with E-state index < -0.39 is 11.9 Å². The van der Waals surface area contributed by atoms with E-state index in [0.29, 0.717) is 13.0 Å². The minimum atomic E-state index is -0.612. The zero-order chi connectivity index (χ0) is 8.69. The molecule has 0 aliphatic rings. The van der Waals surface area contributed by atoms with Gasteiger partial charge in [0, 0.05) is 0 Å². The Morgan fingerprint density at radius 2 is 2.18 bits per heavy atom. The molecule has 4 heteroatoms. The molecular formula is C7H13N3O. The molecule has 0 bridgehead atoms.